The van der Waals surface area contributed by atoms with Crippen LogP contribution in [0.15, 0.2) is 18.3 Å². The Morgan fingerprint density at radius 3 is 2.71 bits per heavy atom. The van der Waals surface area contributed by atoms with E-state index in [1.807, 2.05) is 6.20 Å². The van der Waals surface area contributed by atoms with Crippen LogP contribution in [0.5, 0.6) is 0 Å². The van der Waals surface area contributed by atoms with Crippen molar-refractivity contribution in [3.05, 3.63) is 23.9 Å². The molecule has 0 amide bonds. The van der Waals surface area contributed by atoms with E-state index in [9.17, 15) is 0 Å². The van der Waals surface area contributed by atoms with E-state index in [-0.39, 0.29) is 0 Å². The van der Waals surface area contributed by atoms with Crippen LogP contribution in [0, 0.1) is 5.41 Å². The van der Waals surface area contributed by atoms with Crippen LogP contribution in [0.25, 0.3) is 0 Å². The van der Waals surface area contributed by atoms with E-state index < -0.39 is 0 Å². The maximum Gasteiger partial charge on any atom is 0.133 e. The minimum atomic E-state index is 0.368. The Balaban J connectivity index is 2.17. The van der Waals surface area contributed by atoms with Gasteiger partial charge in [0.15, 0.2) is 0 Å². The molecule has 21 heavy (non-hydrogen) atoms. The molecule has 1 N–H and O–H groups in total. The molecule has 1 aromatic heterocycles. The molecule has 1 aliphatic rings. The summed E-state index contributed by atoms with van der Waals surface area (Å²) in [7, 11) is 0. The monoisotopic (exact) mass is 289 g/mol. The number of pyridine rings is 1. The van der Waals surface area contributed by atoms with Crippen molar-refractivity contribution in [2.75, 3.05) is 24.5 Å². The second kappa shape index (κ2) is 7.26. The molecular formula is C18H31N3. The fraction of sp³-hybridized carbons (Fsp3) is 0.722. The van der Waals surface area contributed by atoms with Crippen molar-refractivity contribution < 1.29 is 0 Å². The average molecular weight is 289 g/mol. The highest BCUT2D eigenvalue weighted by Crippen LogP contribution is 2.39. The van der Waals surface area contributed by atoms with Crippen LogP contribution in [-0.4, -0.2) is 24.6 Å². The van der Waals surface area contributed by atoms with Crippen molar-refractivity contribution >= 4 is 5.82 Å². The molecule has 0 spiro atoms. The van der Waals surface area contributed by atoms with E-state index in [4.69, 9.17) is 4.98 Å². The van der Waals surface area contributed by atoms with Gasteiger partial charge in [-0.15, -0.1) is 0 Å². The third-order valence-corrected chi connectivity index (χ3v) is 5.22. The van der Waals surface area contributed by atoms with Gasteiger partial charge in [0, 0.05) is 30.9 Å². The smallest absolute Gasteiger partial charge is 0.133 e. The Labute approximate surface area is 130 Å². The van der Waals surface area contributed by atoms with Gasteiger partial charge in [0.2, 0.25) is 0 Å². The Bertz CT molecular complexity index is 440. The molecule has 0 radical (unpaired) electrons. The lowest BCUT2D eigenvalue weighted by Crippen LogP contribution is -2.29. The molecule has 0 bridgehead atoms. The lowest BCUT2D eigenvalue weighted by molar-refractivity contribution is 0.301. The Hall–Kier alpha value is -1.09. The van der Waals surface area contributed by atoms with Crippen LogP contribution >= 0.6 is 0 Å². The second-order valence-corrected chi connectivity index (χ2v) is 6.47. The van der Waals surface area contributed by atoms with Gasteiger partial charge in [-0.2, -0.15) is 0 Å². The van der Waals surface area contributed by atoms with Crippen molar-refractivity contribution in [2.45, 2.75) is 59.4 Å². The van der Waals surface area contributed by atoms with Crippen LogP contribution < -0.4 is 10.2 Å². The minimum absolute atomic E-state index is 0.368. The molecule has 1 aromatic rings. The lowest BCUT2D eigenvalue weighted by atomic mass is 9.82. The summed E-state index contributed by atoms with van der Waals surface area (Å²) < 4.78 is 0. The molecular weight excluding hydrogens is 258 g/mol. The summed E-state index contributed by atoms with van der Waals surface area (Å²) in [4.78, 5) is 7.22. The molecule has 1 unspecified atom stereocenters. The molecule has 1 fully saturated rings. The molecule has 2 rings (SSSR count). The zero-order chi connectivity index (χ0) is 15.3. The molecule has 1 aliphatic heterocycles. The van der Waals surface area contributed by atoms with Crippen LogP contribution in [-0.2, 0) is 0 Å². The van der Waals surface area contributed by atoms with Crippen molar-refractivity contribution in [3.63, 3.8) is 0 Å². The van der Waals surface area contributed by atoms with Gasteiger partial charge in [-0.05, 0) is 50.6 Å². The number of hydrogen-bond acceptors (Lipinski definition) is 3. The zero-order valence-corrected chi connectivity index (χ0v) is 14.2. The van der Waals surface area contributed by atoms with Crippen LogP contribution in [0.4, 0.5) is 5.82 Å². The number of rotatable bonds is 7. The standard InChI is InChI=1S/C18H31N3/c1-5-11-19-15(4)16-9-8-12-20-17(16)21-13-10-18(6-2,7-3)14-21/h8-9,12,15,19H,5-7,10-11,13-14H2,1-4H3. The number of aromatic nitrogens is 1. The average Bonchev–Trinajstić information content (AvgIpc) is 2.97. The lowest BCUT2D eigenvalue weighted by Gasteiger charge is -2.28. The van der Waals surface area contributed by atoms with E-state index in [1.165, 1.54) is 37.1 Å². The summed E-state index contributed by atoms with van der Waals surface area (Å²) in [5, 5.41) is 3.59. The van der Waals surface area contributed by atoms with Crippen molar-refractivity contribution in [2.24, 2.45) is 5.41 Å². The molecule has 2 heterocycles. The number of anilines is 1. The van der Waals surface area contributed by atoms with Crippen molar-refractivity contribution in [1.29, 1.82) is 0 Å². The molecule has 118 valence electrons. The van der Waals surface area contributed by atoms with Gasteiger partial charge in [-0.1, -0.05) is 26.8 Å². The van der Waals surface area contributed by atoms with E-state index in [0.29, 0.717) is 11.5 Å². The van der Waals surface area contributed by atoms with Gasteiger partial charge in [0.25, 0.3) is 0 Å². The first kappa shape index (κ1) is 16.3. The fourth-order valence-electron chi connectivity index (χ4n) is 3.43. The maximum atomic E-state index is 4.71. The van der Waals surface area contributed by atoms with Gasteiger partial charge >= 0.3 is 0 Å². The first-order chi connectivity index (χ1) is 10.2. The van der Waals surface area contributed by atoms with Crippen molar-refractivity contribution in [3.8, 4) is 0 Å². The molecule has 0 aliphatic carbocycles. The second-order valence-electron chi connectivity index (χ2n) is 6.47. The van der Waals surface area contributed by atoms with E-state index in [0.717, 1.165) is 19.6 Å². The Morgan fingerprint density at radius 1 is 1.33 bits per heavy atom. The number of nitrogens with one attached hydrogen (secondary N) is 1. The SMILES string of the molecule is CCCNC(C)c1cccnc1N1CCC(CC)(CC)C1. The molecule has 1 atom stereocenters. The quantitative estimate of drug-likeness (QED) is 0.817. The normalized spacial score (nSPS) is 19.0. The van der Waals surface area contributed by atoms with Gasteiger partial charge in [0.1, 0.15) is 5.82 Å². The highest BCUT2D eigenvalue weighted by Gasteiger charge is 2.36. The third kappa shape index (κ3) is 3.57. The highest BCUT2D eigenvalue weighted by atomic mass is 15.2. The largest absolute Gasteiger partial charge is 0.356 e. The maximum absolute atomic E-state index is 4.71. The summed E-state index contributed by atoms with van der Waals surface area (Å²) in [6, 6.07) is 4.66. The van der Waals surface area contributed by atoms with Crippen molar-refractivity contribution in [1.82, 2.24) is 10.3 Å². The molecule has 3 nitrogen and oxygen atoms in total. The third-order valence-electron chi connectivity index (χ3n) is 5.22. The molecule has 0 aromatic carbocycles. The van der Waals surface area contributed by atoms with Gasteiger partial charge < -0.3 is 10.2 Å². The van der Waals surface area contributed by atoms with E-state index in [1.54, 1.807) is 0 Å². The minimum Gasteiger partial charge on any atom is -0.356 e. The fourth-order valence-corrected chi connectivity index (χ4v) is 3.43. The number of hydrogen-bond donors (Lipinski definition) is 1. The predicted octanol–water partition coefficient (Wildman–Crippen LogP) is 4.16. The molecule has 3 heteroatoms. The Morgan fingerprint density at radius 2 is 2.10 bits per heavy atom. The molecule has 0 saturated carbocycles. The summed E-state index contributed by atoms with van der Waals surface area (Å²) in [6.45, 7) is 12.5. The zero-order valence-electron chi connectivity index (χ0n) is 14.2. The summed E-state index contributed by atoms with van der Waals surface area (Å²) in [6.07, 6.45) is 6.94. The summed E-state index contributed by atoms with van der Waals surface area (Å²) >= 11 is 0. The summed E-state index contributed by atoms with van der Waals surface area (Å²) in [5.41, 5.74) is 1.84. The number of nitrogens with zero attached hydrogens (tertiary/aromatic N) is 2. The van der Waals surface area contributed by atoms with E-state index >= 15 is 0 Å². The highest BCUT2D eigenvalue weighted by molar-refractivity contribution is 5.49. The Kier molecular flexibility index (Phi) is 5.63. The first-order valence-electron chi connectivity index (χ1n) is 8.59. The van der Waals surface area contributed by atoms with Gasteiger partial charge in [-0.25, -0.2) is 4.98 Å². The van der Waals surface area contributed by atoms with Crippen LogP contribution in [0.2, 0.25) is 0 Å². The first-order valence-corrected chi connectivity index (χ1v) is 8.59. The van der Waals surface area contributed by atoms with Crippen LogP contribution in [0.1, 0.15) is 65.0 Å². The molecule has 1 saturated heterocycles. The summed E-state index contributed by atoms with van der Waals surface area (Å²) in [5.74, 6) is 1.19. The van der Waals surface area contributed by atoms with Gasteiger partial charge in [0.05, 0.1) is 0 Å². The van der Waals surface area contributed by atoms with Gasteiger partial charge in [-0.3, -0.25) is 0 Å². The topological polar surface area (TPSA) is 28.2 Å². The van der Waals surface area contributed by atoms with E-state index in [2.05, 4.69) is 50.0 Å². The predicted molar refractivity (Wildman–Crippen MR) is 90.8 cm³/mol. The van der Waals surface area contributed by atoms with Crippen LogP contribution in [0.3, 0.4) is 0 Å².